The zero-order valence-electron chi connectivity index (χ0n) is 9.29. The highest BCUT2D eigenvalue weighted by molar-refractivity contribution is 5.66. The molecule has 0 aromatic heterocycles. The van der Waals surface area contributed by atoms with E-state index in [1.54, 1.807) is 18.2 Å². The molecule has 0 aliphatic carbocycles. The van der Waals surface area contributed by atoms with Crippen LogP contribution < -0.4 is 0 Å². The highest BCUT2D eigenvalue weighted by Gasteiger charge is 2.06. The Hall–Kier alpha value is -1.83. The Morgan fingerprint density at radius 3 is 2.38 bits per heavy atom. The number of aromatic hydroxyl groups is 1. The Morgan fingerprint density at radius 2 is 1.75 bits per heavy atom. The quantitative estimate of drug-likeness (QED) is 0.768. The zero-order valence-corrected chi connectivity index (χ0v) is 9.29. The number of rotatable bonds is 1. The molecule has 82 valence electrons. The van der Waals surface area contributed by atoms with Crippen LogP contribution >= 0.6 is 0 Å². The van der Waals surface area contributed by atoms with E-state index in [4.69, 9.17) is 0 Å². The monoisotopic (exact) mass is 216 g/mol. The summed E-state index contributed by atoms with van der Waals surface area (Å²) in [6, 6.07) is 10.3. The van der Waals surface area contributed by atoms with Gasteiger partial charge in [-0.3, -0.25) is 0 Å². The average molecular weight is 216 g/mol. The van der Waals surface area contributed by atoms with Gasteiger partial charge in [-0.05, 0) is 42.7 Å². The maximum Gasteiger partial charge on any atom is 0.131 e. The fourth-order valence-corrected chi connectivity index (χ4v) is 1.63. The van der Waals surface area contributed by atoms with Gasteiger partial charge in [-0.1, -0.05) is 24.3 Å². The van der Waals surface area contributed by atoms with E-state index in [-0.39, 0.29) is 11.6 Å². The molecular weight excluding hydrogens is 203 g/mol. The molecule has 2 heteroatoms. The summed E-state index contributed by atoms with van der Waals surface area (Å²) in [5.41, 5.74) is 2.88. The van der Waals surface area contributed by atoms with Gasteiger partial charge >= 0.3 is 0 Å². The van der Waals surface area contributed by atoms with Crippen LogP contribution in [0.5, 0.6) is 5.75 Å². The largest absolute Gasteiger partial charge is 0.508 e. The van der Waals surface area contributed by atoms with Crippen molar-refractivity contribution in [1.29, 1.82) is 0 Å². The van der Waals surface area contributed by atoms with E-state index in [1.807, 2.05) is 26.0 Å². The molecule has 1 N–H and O–H groups in total. The van der Waals surface area contributed by atoms with Gasteiger partial charge < -0.3 is 5.11 Å². The molecule has 0 atom stereocenters. The highest BCUT2D eigenvalue weighted by atomic mass is 19.1. The third-order valence-corrected chi connectivity index (χ3v) is 2.64. The van der Waals surface area contributed by atoms with Crippen molar-refractivity contribution >= 4 is 0 Å². The van der Waals surface area contributed by atoms with Crippen molar-refractivity contribution < 1.29 is 9.50 Å². The van der Waals surface area contributed by atoms with E-state index in [2.05, 4.69) is 0 Å². The fourth-order valence-electron chi connectivity index (χ4n) is 1.63. The van der Waals surface area contributed by atoms with E-state index >= 15 is 0 Å². The van der Waals surface area contributed by atoms with Crippen molar-refractivity contribution in [3.63, 3.8) is 0 Å². The maximum atomic E-state index is 13.7. The van der Waals surface area contributed by atoms with Crippen LogP contribution in [0.15, 0.2) is 36.4 Å². The topological polar surface area (TPSA) is 20.2 Å². The standard InChI is InChI=1S/C14H13FO/c1-9-3-6-12(13(15)7-9)11-5-4-10(2)14(16)8-11/h3-8,16H,1-2H3. The van der Waals surface area contributed by atoms with Crippen molar-refractivity contribution in [3.05, 3.63) is 53.3 Å². The summed E-state index contributed by atoms with van der Waals surface area (Å²) in [5.74, 6) is -0.0688. The molecule has 0 heterocycles. The first-order valence-electron chi connectivity index (χ1n) is 5.14. The molecule has 0 bridgehead atoms. The van der Waals surface area contributed by atoms with Crippen molar-refractivity contribution in [2.24, 2.45) is 0 Å². The Labute approximate surface area is 94.2 Å². The van der Waals surface area contributed by atoms with Crippen molar-refractivity contribution in [3.8, 4) is 16.9 Å². The molecule has 0 radical (unpaired) electrons. The predicted molar refractivity (Wildman–Crippen MR) is 63.0 cm³/mol. The molecule has 0 aliphatic rings. The summed E-state index contributed by atoms with van der Waals surface area (Å²) in [6.07, 6.45) is 0. The van der Waals surface area contributed by atoms with Crippen LogP contribution in [0.4, 0.5) is 4.39 Å². The lowest BCUT2D eigenvalue weighted by Crippen LogP contribution is -1.86. The fraction of sp³-hybridized carbons (Fsp3) is 0.143. The summed E-state index contributed by atoms with van der Waals surface area (Å²) in [4.78, 5) is 0. The summed E-state index contributed by atoms with van der Waals surface area (Å²) in [6.45, 7) is 3.66. The third-order valence-electron chi connectivity index (χ3n) is 2.64. The van der Waals surface area contributed by atoms with Crippen molar-refractivity contribution in [1.82, 2.24) is 0 Å². The Bertz CT molecular complexity index is 532. The maximum absolute atomic E-state index is 13.7. The first-order valence-corrected chi connectivity index (χ1v) is 5.14. The zero-order chi connectivity index (χ0) is 11.7. The molecule has 2 aromatic rings. The van der Waals surface area contributed by atoms with Crippen LogP contribution in [-0.2, 0) is 0 Å². The summed E-state index contributed by atoms with van der Waals surface area (Å²) >= 11 is 0. The lowest BCUT2D eigenvalue weighted by molar-refractivity contribution is 0.471. The van der Waals surface area contributed by atoms with Gasteiger partial charge in [0.15, 0.2) is 0 Å². The van der Waals surface area contributed by atoms with E-state index < -0.39 is 0 Å². The van der Waals surface area contributed by atoms with E-state index in [0.717, 1.165) is 11.1 Å². The molecule has 0 aliphatic heterocycles. The van der Waals surface area contributed by atoms with Crippen molar-refractivity contribution in [2.75, 3.05) is 0 Å². The minimum atomic E-state index is -0.261. The number of benzene rings is 2. The van der Waals surface area contributed by atoms with E-state index in [9.17, 15) is 9.50 Å². The molecule has 0 saturated heterocycles. The second-order valence-electron chi connectivity index (χ2n) is 3.98. The van der Waals surface area contributed by atoms with Crippen LogP contribution in [0.1, 0.15) is 11.1 Å². The van der Waals surface area contributed by atoms with Gasteiger partial charge in [0, 0.05) is 5.56 Å². The van der Waals surface area contributed by atoms with Crippen LogP contribution in [-0.4, -0.2) is 5.11 Å². The van der Waals surface area contributed by atoms with Crippen LogP contribution in [0.25, 0.3) is 11.1 Å². The van der Waals surface area contributed by atoms with E-state index in [0.29, 0.717) is 11.1 Å². The van der Waals surface area contributed by atoms with Gasteiger partial charge in [0.05, 0.1) is 0 Å². The molecule has 0 unspecified atom stereocenters. The van der Waals surface area contributed by atoms with Crippen molar-refractivity contribution in [2.45, 2.75) is 13.8 Å². The molecule has 2 rings (SSSR count). The first kappa shape index (κ1) is 10.7. The second kappa shape index (κ2) is 3.97. The molecule has 2 aromatic carbocycles. The predicted octanol–water partition coefficient (Wildman–Crippen LogP) is 3.82. The Morgan fingerprint density at radius 1 is 1.00 bits per heavy atom. The third kappa shape index (κ3) is 1.91. The highest BCUT2D eigenvalue weighted by Crippen LogP contribution is 2.28. The number of halogens is 1. The lowest BCUT2D eigenvalue weighted by Gasteiger charge is -2.06. The Kier molecular flexibility index (Phi) is 2.65. The first-order chi connectivity index (χ1) is 7.58. The molecule has 1 nitrogen and oxygen atoms in total. The average Bonchev–Trinajstić information content (AvgIpc) is 2.22. The van der Waals surface area contributed by atoms with E-state index in [1.165, 1.54) is 6.07 Å². The minimum absolute atomic E-state index is 0.192. The van der Waals surface area contributed by atoms with Crippen LogP contribution in [0.3, 0.4) is 0 Å². The molecular formula is C14H13FO. The van der Waals surface area contributed by atoms with Gasteiger partial charge in [-0.15, -0.1) is 0 Å². The summed E-state index contributed by atoms with van der Waals surface area (Å²) in [7, 11) is 0. The van der Waals surface area contributed by atoms with Crippen LogP contribution in [0, 0.1) is 19.7 Å². The molecule has 0 fully saturated rings. The van der Waals surface area contributed by atoms with Gasteiger partial charge in [-0.2, -0.15) is 0 Å². The SMILES string of the molecule is Cc1ccc(-c2ccc(C)c(O)c2)c(F)c1. The normalized spacial score (nSPS) is 10.4. The van der Waals surface area contributed by atoms with Gasteiger partial charge in [0.1, 0.15) is 11.6 Å². The number of hydrogen-bond acceptors (Lipinski definition) is 1. The van der Waals surface area contributed by atoms with Crippen LogP contribution in [0.2, 0.25) is 0 Å². The molecule has 0 saturated carbocycles. The summed E-state index contributed by atoms with van der Waals surface area (Å²) < 4.78 is 13.7. The number of hydrogen-bond donors (Lipinski definition) is 1. The van der Waals surface area contributed by atoms with Gasteiger partial charge in [-0.25, -0.2) is 4.39 Å². The Balaban J connectivity index is 2.54. The molecule has 0 spiro atoms. The minimum Gasteiger partial charge on any atom is -0.508 e. The number of phenols is 1. The number of phenolic OH excluding ortho intramolecular Hbond substituents is 1. The van der Waals surface area contributed by atoms with Gasteiger partial charge in [0.2, 0.25) is 0 Å². The molecule has 0 amide bonds. The smallest absolute Gasteiger partial charge is 0.131 e. The second-order valence-corrected chi connectivity index (χ2v) is 3.98. The van der Waals surface area contributed by atoms with Gasteiger partial charge in [0.25, 0.3) is 0 Å². The summed E-state index contributed by atoms with van der Waals surface area (Å²) in [5, 5.41) is 9.58. The number of aryl methyl sites for hydroxylation is 2. The lowest BCUT2D eigenvalue weighted by atomic mass is 10.0. The molecule has 16 heavy (non-hydrogen) atoms.